The van der Waals surface area contributed by atoms with Gasteiger partial charge in [0.05, 0.1) is 14.2 Å². The Kier molecular flexibility index (Phi) is 3.75. The molecular formula is C14H16NO2+. The lowest BCUT2D eigenvalue weighted by atomic mass is 10.0. The highest BCUT2D eigenvalue weighted by molar-refractivity contribution is 5.77. The van der Waals surface area contributed by atoms with Gasteiger partial charge in [-0.05, 0) is 12.1 Å². The lowest BCUT2D eigenvalue weighted by molar-refractivity contribution is -0.829. The van der Waals surface area contributed by atoms with Gasteiger partial charge in [0.15, 0.2) is 5.69 Å². The summed E-state index contributed by atoms with van der Waals surface area (Å²) in [6, 6.07) is 16.0. The van der Waals surface area contributed by atoms with Crippen LogP contribution >= 0.6 is 0 Å². The summed E-state index contributed by atoms with van der Waals surface area (Å²) in [5.74, 6) is 0.865. The van der Waals surface area contributed by atoms with Gasteiger partial charge in [0, 0.05) is 17.2 Å². The minimum atomic E-state index is 0.865. The van der Waals surface area contributed by atoms with Crippen molar-refractivity contribution in [1.82, 2.24) is 0 Å². The van der Waals surface area contributed by atoms with E-state index in [0.717, 1.165) is 22.6 Å². The van der Waals surface area contributed by atoms with Gasteiger partial charge < -0.3 is 4.74 Å². The fourth-order valence-electron chi connectivity index (χ4n) is 1.84. The number of hydrogen-bond acceptors (Lipinski definition) is 2. The van der Waals surface area contributed by atoms with Crippen molar-refractivity contribution in [3.63, 3.8) is 0 Å². The summed E-state index contributed by atoms with van der Waals surface area (Å²) in [4.78, 5) is 5.10. The smallest absolute Gasteiger partial charge is 0.169 e. The summed E-state index contributed by atoms with van der Waals surface area (Å²) in [5, 5.41) is 0. The Bertz CT molecular complexity index is 497. The summed E-state index contributed by atoms with van der Waals surface area (Å²) >= 11 is 0. The van der Waals surface area contributed by atoms with E-state index in [4.69, 9.17) is 9.57 Å². The van der Waals surface area contributed by atoms with Crippen molar-refractivity contribution >= 4 is 5.69 Å². The van der Waals surface area contributed by atoms with E-state index in [2.05, 4.69) is 6.07 Å². The van der Waals surface area contributed by atoms with Crippen LogP contribution in [-0.4, -0.2) is 14.2 Å². The molecule has 0 aliphatic carbocycles. The number of ether oxygens (including phenoxy) is 1. The molecule has 0 heterocycles. The Morgan fingerprint density at radius 2 is 1.47 bits per heavy atom. The Morgan fingerprint density at radius 1 is 0.824 bits per heavy atom. The molecule has 2 aromatic rings. The number of benzene rings is 2. The molecule has 0 aromatic heterocycles. The molecule has 3 nitrogen and oxygen atoms in total. The van der Waals surface area contributed by atoms with E-state index in [1.54, 1.807) is 19.7 Å². The van der Waals surface area contributed by atoms with Crippen LogP contribution in [0.3, 0.4) is 0 Å². The SMILES string of the molecule is CO[NH2+]c1ccccc1-c1ccccc1OC. The van der Waals surface area contributed by atoms with Crippen LogP contribution < -0.4 is 10.2 Å². The van der Waals surface area contributed by atoms with Crippen LogP contribution in [0.5, 0.6) is 5.75 Å². The quantitative estimate of drug-likeness (QED) is 0.645. The molecule has 88 valence electrons. The first-order valence-corrected chi connectivity index (χ1v) is 5.45. The van der Waals surface area contributed by atoms with E-state index in [0.29, 0.717) is 0 Å². The maximum atomic E-state index is 5.38. The summed E-state index contributed by atoms with van der Waals surface area (Å²) in [6.45, 7) is 0. The van der Waals surface area contributed by atoms with Crippen molar-refractivity contribution in [3.05, 3.63) is 48.5 Å². The van der Waals surface area contributed by atoms with E-state index in [9.17, 15) is 0 Å². The Hall–Kier alpha value is -1.84. The molecular weight excluding hydrogens is 214 g/mol. The third-order valence-corrected chi connectivity index (χ3v) is 2.60. The van der Waals surface area contributed by atoms with Gasteiger partial charge in [-0.25, -0.2) is 4.84 Å². The highest BCUT2D eigenvalue weighted by Gasteiger charge is 2.11. The van der Waals surface area contributed by atoms with Gasteiger partial charge in [0.2, 0.25) is 0 Å². The first-order chi connectivity index (χ1) is 8.36. The molecule has 0 bridgehead atoms. The zero-order valence-corrected chi connectivity index (χ0v) is 10.0. The normalized spacial score (nSPS) is 10.2. The molecule has 17 heavy (non-hydrogen) atoms. The third-order valence-electron chi connectivity index (χ3n) is 2.60. The third kappa shape index (κ3) is 2.46. The van der Waals surface area contributed by atoms with Gasteiger partial charge in [0.25, 0.3) is 0 Å². The second kappa shape index (κ2) is 5.48. The lowest BCUT2D eigenvalue weighted by Gasteiger charge is -2.10. The standard InChI is InChI=1S/C14H15NO2/c1-16-14-10-6-4-8-12(14)11-7-3-5-9-13(11)15-17-2/h3-10,15H,1-2H3/p+1. The summed E-state index contributed by atoms with van der Waals surface area (Å²) in [7, 11) is 3.33. The fourth-order valence-corrected chi connectivity index (χ4v) is 1.84. The molecule has 3 heteroatoms. The van der Waals surface area contributed by atoms with E-state index >= 15 is 0 Å². The number of rotatable bonds is 4. The summed E-state index contributed by atoms with van der Waals surface area (Å²) in [6.07, 6.45) is 0. The molecule has 0 amide bonds. The second-order valence-electron chi connectivity index (χ2n) is 3.64. The van der Waals surface area contributed by atoms with Gasteiger partial charge in [-0.2, -0.15) is 5.48 Å². The Morgan fingerprint density at radius 3 is 2.18 bits per heavy atom. The van der Waals surface area contributed by atoms with Crippen molar-refractivity contribution in [1.29, 1.82) is 0 Å². The van der Waals surface area contributed by atoms with Crippen LogP contribution in [-0.2, 0) is 4.84 Å². The molecule has 2 N–H and O–H groups in total. The molecule has 0 saturated heterocycles. The average molecular weight is 230 g/mol. The number of quaternary nitrogens is 1. The van der Waals surface area contributed by atoms with Crippen LogP contribution in [0.4, 0.5) is 5.69 Å². The Labute approximate surface area is 101 Å². The predicted octanol–water partition coefficient (Wildman–Crippen LogP) is 2.12. The van der Waals surface area contributed by atoms with Crippen molar-refractivity contribution in [3.8, 4) is 16.9 Å². The van der Waals surface area contributed by atoms with Crippen molar-refractivity contribution in [2.45, 2.75) is 0 Å². The molecule has 2 aromatic carbocycles. The first kappa shape index (κ1) is 11.6. The molecule has 2 rings (SSSR count). The van der Waals surface area contributed by atoms with Gasteiger partial charge >= 0.3 is 0 Å². The van der Waals surface area contributed by atoms with Gasteiger partial charge in [-0.1, -0.05) is 30.3 Å². The number of para-hydroxylation sites is 1. The van der Waals surface area contributed by atoms with Gasteiger partial charge in [-0.15, -0.1) is 0 Å². The van der Waals surface area contributed by atoms with Gasteiger partial charge in [-0.3, -0.25) is 0 Å². The van der Waals surface area contributed by atoms with Crippen molar-refractivity contribution < 1.29 is 15.1 Å². The molecule has 0 saturated carbocycles. The number of nitrogens with two attached hydrogens (primary N) is 1. The van der Waals surface area contributed by atoms with Crippen LogP contribution in [0.15, 0.2) is 48.5 Å². The van der Waals surface area contributed by atoms with Crippen LogP contribution in [0, 0.1) is 0 Å². The number of hydrogen-bond donors (Lipinski definition) is 1. The molecule has 0 aliphatic heterocycles. The highest BCUT2D eigenvalue weighted by Crippen LogP contribution is 2.32. The van der Waals surface area contributed by atoms with E-state index < -0.39 is 0 Å². The average Bonchev–Trinajstić information content (AvgIpc) is 2.40. The summed E-state index contributed by atoms with van der Waals surface area (Å²) < 4.78 is 5.38. The monoisotopic (exact) mass is 230 g/mol. The van der Waals surface area contributed by atoms with E-state index in [1.165, 1.54) is 0 Å². The lowest BCUT2D eigenvalue weighted by Crippen LogP contribution is -2.76. The minimum Gasteiger partial charge on any atom is -0.496 e. The van der Waals surface area contributed by atoms with Crippen molar-refractivity contribution in [2.75, 3.05) is 14.2 Å². The molecule has 0 radical (unpaired) electrons. The predicted molar refractivity (Wildman–Crippen MR) is 67.0 cm³/mol. The van der Waals surface area contributed by atoms with E-state index in [1.807, 2.05) is 42.5 Å². The molecule has 0 aliphatic rings. The zero-order chi connectivity index (χ0) is 12.1. The van der Waals surface area contributed by atoms with E-state index in [-0.39, 0.29) is 0 Å². The largest absolute Gasteiger partial charge is 0.496 e. The molecule has 0 unspecified atom stereocenters. The van der Waals surface area contributed by atoms with Gasteiger partial charge in [0.1, 0.15) is 5.75 Å². The molecule has 0 spiro atoms. The minimum absolute atomic E-state index is 0.865. The van der Waals surface area contributed by atoms with Crippen molar-refractivity contribution in [2.24, 2.45) is 0 Å². The highest BCUT2D eigenvalue weighted by atomic mass is 16.6. The second-order valence-corrected chi connectivity index (χ2v) is 3.64. The summed E-state index contributed by atoms with van der Waals surface area (Å²) in [5.41, 5.74) is 4.95. The Balaban J connectivity index is 2.52. The maximum absolute atomic E-state index is 5.38. The molecule has 0 atom stereocenters. The van der Waals surface area contributed by atoms with Crippen LogP contribution in [0.2, 0.25) is 0 Å². The fraction of sp³-hybridized carbons (Fsp3) is 0.143. The molecule has 0 fully saturated rings. The van der Waals surface area contributed by atoms with Crippen LogP contribution in [0.25, 0.3) is 11.1 Å². The first-order valence-electron chi connectivity index (χ1n) is 5.45. The topological polar surface area (TPSA) is 35.1 Å². The maximum Gasteiger partial charge on any atom is 0.169 e. The van der Waals surface area contributed by atoms with Crippen LogP contribution in [0.1, 0.15) is 0 Å². The number of methoxy groups -OCH3 is 1. The zero-order valence-electron chi connectivity index (χ0n) is 10.0.